The molecule has 3 rings (SSSR count). The molecule has 8 nitrogen and oxygen atoms in total. The van der Waals surface area contributed by atoms with Crippen LogP contribution in [0.15, 0.2) is 29.1 Å². The molecule has 2 atom stereocenters. The quantitative estimate of drug-likeness (QED) is 0.764. The molecular formula is C16H25N5O3S. The van der Waals surface area contributed by atoms with E-state index in [1.54, 1.807) is 19.3 Å². The average Bonchev–Trinajstić information content (AvgIpc) is 3.19. The molecule has 0 aromatic carbocycles. The predicted molar refractivity (Wildman–Crippen MR) is 93.1 cm³/mol. The van der Waals surface area contributed by atoms with Crippen LogP contribution in [0.1, 0.15) is 30.3 Å². The van der Waals surface area contributed by atoms with Gasteiger partial charge in [-0.05, 0) is 38.4 Å². The summed E-state index contributed by atoms with van der Waals surface area (Å²) in [7, 11) is 2.23. The van der Waals surface area contributed by atoms with E-state index in [2.05, 4.69) is 22.2 Å². The van der Waals surface area contributed by atoms with Gasteiger partial charge in [0.15, 0.2) is 0 Å². The SMILES string of the molecule is CN1CCC[C@@H](CN(C)S(=O)(=O)Cc2ccon2)[C@@H]1c1ccnn1C. The summed E-state index contributed by atoms with van der Waals surface area (Å²) in [6.45, 7) is 1.47. The van der Waals surface area contributed by atoms with Gasteiger partial charge in [-0.1, -0.05) is 5.16 Å². The molecule has 1 aliphatic heterocycles. The lowest BCUT2D eigenvalue weighted by Gasteiger charge is -2.40. The highest BCUT2D eigenvalue weighted by molar-refractivity contribution is 7.88. The van der Waals surface area contributed by atoms with Crippen molar-refractivity contribution in [2.45, 2.75) is 24.6 Å². The second kappa shape index (κ2) is 7.27. The summed E-state index contributed by atoms with van der Waals surface area (Å²) >= 11 is 0. The van der Waals surface area contributed by atoms with Crippen molar-refractivity contribution in [3.05, 3.63) is 36.0 Å². The van der Waals surface area contributed by atoms with E-state index in [4.69, 9.17) is 4.52 Å². The molecule has 1 aliphatic rings. The van der Waals surface area contributed by atoms with Gasteiger partial charge in [0, 0.05) is 32.9 Å². The molecule has 138 valence electrons. The third-order valence-electron chi connectivity index (χ3n) is 4.96. The standard InChI is InChI=1S/C16H25N5O3S/c1-19-9-4-5-13(16(19)15-6-8-17-21(15)3)11-20(2)25(22,23)12-14-7-10-24-18-14/h6-8,10,13,16H,4-5,9,11-12H2,1-3H3/t13-,16+/m0/s1. The summed E-state index contributed by atoms with van der Waals surface area (Å²) in [6, 6.07) is 3.76. The second-order valence-corrected chi connectivity index (χ2v) is 8.81. The van der Waals surface area contributed by atoms with Gasteiger partial charge in [-0.3, -0.25) is 9.58 Å². The molecule has 0 saturated carbocycles. The molecule has 0 unspecified atom stereocenters. The fraction of sp³-hybridized carbons (Fsp3) is 0.625. The number of aromatic nitrogens is 3. The van der Waals surface area contributed by atoms with Crippen molar-refractivity contribution in [2.75, 3.05) is 27.2 Å². The first kappa shape index (κ1) is 18.1. The molecule has 1 fully saturated rings. The van der Waals surface area contributed by atoms with E-state index >= 15 is 0 Å². The molecule has 2 aromatic rings. The topological polar surface area (TPSA) is 84.5 Å². The molecule has 0 aliphatic carbocycles. The zero-order chi connectivity index (χ0) is 18.0. The summed E-state index contributed by atoms with van der Waals surface area (Å²) in [5.74, 6) is 0.0742. The molecule has 3 heterocycles. The number of rotatable bonds is 6. The highest BCUT2D eigenvalue weighted by atomic mass is 32.2. The van der Waals surface area contributed by atoms with Crippen molar-refractivity contribution in [3.63, 3.8) is 0 Å². The van der Waals surface area contributed by atoms with E-state index in [1.807, 2.05) is 17.8 Å². The molecule has 25 heavy (non-hydrogen) atoms. The zero-order valence-corrected chi connectivity index (χ0v) is 15.7. The van der Waals surface area contributed by atoms with Crippen LogP contribution in [-0.2, 0) is 22.8 Å². The lowest BCUT2D eigenvalue weighted by atomic mass is 9.87. The largest absolute Gasteiger partial charge is 0.364 e. The van der Waals surface area contributed by atoms with Gasteiger partial charge < -0.3 is 4.52 Å². The van der Waals surface area contributed by atoms with E-state index in [0.717, 1.165) is 25.1 Å². The fourth-order valence-electron chi connectivity index (χ4n) is 3.65. The molecule has 1 saturated heterocycles. The average molecular weight is 367 g/mol. The molecular weight excluding hydrogens is 342 g/mol. The Hall–Kier alpha value is -1.71. The van der Waals surface area contributed by atoms with Gasteiger partial charge in [0.25, 0.3) is 0 Å². The Morgan fingerprint density at radius 2 is 2.16 bits per heavy atom. The zero-order valence-electron chi connectivity index (χ0n) is 14.9. The van der Waals surface area contributed by atoms with Gasteiger partial charge in [0.1, 0.15) is 12.0 Å². The van der Waals surface area contributed by atoms with Crippen LogP contribution >= 0.6 is 0 Å². The number of aryl methyl sites for hydroxylation is 1. The van der Waals surface area contributed by atoms with Gasteiger partial charge in [-0.2, -0.15) is 5.10 Å². The Morgan fingerprint density at radius 1 is 1.36 bits per heavy atom. The highest BCUT2D eigenvalue weighted by Gasteiger charge is 2.35. The van der Waals surface area contributed by atoms with Crippen molar-refractivity contribution in [1.82, 2.24) is 24.1 Å². The Balaban J connectivity index is 1.76. The Labute approximate surface area is 148 Å². The van der Waals surface area contributed by atoms with E-state index in [0.29, 0.717) is 12.2 Å². The Bertz CT molecular complexity index is 787. The first-order valence-electron chi connectivity index (χ1n) is 8.40. The minimum Gasteiger partial charge on any atom is -0.364 e. The van der Waals surface area contributed by atoms with Gasteiger partial charge in [0.05, 0.1) is 17.4 Å². The fourth-order valence-corrected chi connectivity index (χ4v) is 4.81. The maximum atomic E-state index is 12.6. The predicted octanol–water partition coefficient (Wildman–Crippen LogP) is 1.25. The van der Waals surface area contributed by atoms with Crippen molar-refractivity contribution in [2.24, 2.45) is 13.0 Å². The van der Waals surface area contributed by atoms with Crippen LogP contribution in [0.3, 0.4) is 0 Å². The van der Waals surface area contributed by atoms with Crippen LogP contribution in [0.2, 0.25) is 0 Å². The molecule has 0 bridgehead atoms. The normalized spacial score (nSPS) is 22.6. The number of likely N-dealkylation sites (tertiary alicyclic amines) is 1. The first-order valence-corrected chi connectivity index (χ1v) is 10.0. The number of hydrogen-bond donors (Lipinski definition) is 0. The third kappa shape index (κ3) is 3.94. The van der Waals surface area contributed by atoms with Gasteiger partial charge in [-0.25, -0.2) is 12.7 Å². The van der Waals surface area contributed by atoms with Crippen molar-refractivity contribution in [3.8, 4) is 0 Å². The summed E-state index contributed by atoms with van der Waals surface area (Å²) in [5.41, 5.74) is 1.55. The van der Waals surface area contributed by atoms with Gasteiger partial charge in [-0.15, -0.1) is 0 Å². The van der Waals surface area contributed by atoms with Crippen LogP contribution in [0.25, 0.3) is 0 Å². The summed E-state index contributed by atoms with van der Waals surface area (Å²) in [5, 5.41) is 7.99. The van der Waals surface area contributed by atoms with E-state index in [9.17, 15) is 8.42 Å². The Kier molecular flexibility index (Phi) is 5.26. The third-order valence-corrected chi connectivity index (χ3v) is 6.72. The Morgan fingerprint density at radius 3 is 2.80 bits per heavy atom. The van der Waals surface area contributed by atoms with Gasteiger partial charge >= 0.3 is 0 Å². The maximum absolute atomic E-state index is 12.6. The van der Waals surface area contributed by atoms with Crippen LogP contribution in [0, 0.1) is 5.92 Å². The minimum absolute atomic E-state index is 0.140. The van der Waals surface area contributed by atoms with Crippen LogP contribution in [0.5, 0.6) is 0 Å². The number of nitrogens with zero attached hydrogens (tertiary/aromatic N) is 5. The summed E-state index contributed by atoms with van der Waals surface area (Å²) in [6.07, 6.45) is 5.23. The lowest BCUT2D eigenvalue weighted by Crippen LogP contribution is -2.43. The van der Waals surface area contributed by atoms with Crippen LogP contribution in [0.4, 0.5) is 0 Å². The molecule has 0 N–H and O–H groups in total. The van der Waals surface area contributed by atoms with Crippen LogP contribution in [-0.4, -0.2) is 59.7 Å². The van der Waals surface area contributed by atoms with Gasteiger partial charge in [0.2, 0.25) is 10.0 Å². The number of sulfonamides is 1. The number of piperidine rings is 1. The monoisotopic (exact) mass is 367 g/mol. The smallest absolute Gasteiger partial charge is 0.219 e. The highest BCUT2D eigenvalue weighted by Crippen LogP contribution is 2.35. The number of hydrogen-bond acceptors (Lipinski definition) is 6. The van der Waals surface area contributed by atoms with E-state index in [-0.39, 0.29) is 17.7 Å². The second-order valence-electron chi connectivity index (χ2n) is 6.73. The lowest BCUT2D eigenvalue weighted by molar-refractivity contribution is 0.103. The van der Waals surface area contributed by atoms with E-state index in [1.165, 1.54) is 10.6 Å². The first-order chi connectivity index (χ1) is 11.9. The maximum Gasteiger partial charge on any atom is 0.219 e. The van der Waals surface area contributed by atoms with E-state index < -0.39 is 10.0 Å². The summed E-state index contributed by atoms with van der Waals surface area (Å²) < 4.78 is 33.3. The van der Waals surface area contributed by atoms with Crippen molar-refractivity contribution >= 4 is 10.0 Å². The van der Waals surface area contributed by atoms with Crippen LogP contribution < -0.4 is 0 Å². The molecule has 9 heteroatoms. The molecule has 0 spiro atoms. The molecule has 2 aromatic heterocycles. The molecule has 0 amide bonds. The van der Waals surface area contributed by atoms with Crippen molar-refractivity contribution < 1.29 is 12.9 Å². The summed E-state index contributed by atoms with van der Waals surface area (Å²) in [4.78, 5) is 2.29. The minimum atomic E-state index is -3.43. The van der Waals surface area contributed by atoms with Crippen molar-refractivity contribution in [1.29, 1.82) is 0 Å². The molecule has 0 radical (unpaired) electrons.